The molecule has 1 amide bonds. The van der Waals surface area contributed by atoms with Crippen LogP contribution in [0.15, 0.2) is 30.3 Å². The molecular weight excluding hydrogens is 202 g/mol. The van der Waals surface area contributed by atoms with Crippen LogP contribution in [0.3, 0.4) is 0 Å². The van der Waals surface area contributed by atoms with E-state index in [-0.39, 0.29) is 17.7 Å². The van der Waals surface area contributed by atoms with E-state index in [9.17, 15) is 9.59 Å². The number of ketones is 1. The normalized spacial score (nSPS) is 17.9. The Morgan fingerprint density at radius 3 is 2.50 bits per heavy atom. The lowest BCUT2D eigenvalue weighted by Crippen LogP contribution is -2.37. The highest BCUT2D eigenvalue weighted by Gasteiger charge is 2.32. The van der Waals surface area contributed by atoms with Gasteiger partial charge in [-0.2, -0.15) is 0 Å². The van der Waals surface area contributed by atoms with Crippen LogP contribution in [0, 0.1) is 0 Å². The third-order valence-corrected chi connectivity index (χ3v) is 2.99. The molecule has 2 rings (SSSR count). The van der Waals surface area contributed by atoms with Gasteiger partial charge in [-0.15, -0.1) is 0 Å². The third kappa shape index (κ3) is 2.13. The standard InChI is InChI=1S/C13H15NO2/c1-10(9-11-5-3-2-4-6-11)14-8-7-12(15)13(14)16/h2-6,10H,7-9H2,1H3. The Kier molecular flexibility index (Phi) is 3.04. The maximum atomic E-state index is 11.5. The fourth-order valence-corrected chi connectivity index (χ4v) is 2.08. The summed E-state index contributed by atoms with van der Waals surface area (Å²) in [6.07, 6.45) is 1.18. The van der Waals surface area contributed by atoms with Gasteiger partial charge < -0.3 is 4.90 Å². The van der Waals surface area contributed by atoms with Crippen LogP contribution < -0.4 is 0 Å². The minimum Gasteiger partial charge on any atom is -0.333 e. The molecule has 0 aromatic heterocycles. The van der Waals surface area contributed by atoms with E-state index in [2.05, 4.69) is 0 Å². The van der Waals surface area contributed by atoms with Gasteiger partial charge in [0, 0.05) is 19.0 Å². The molecule has 0 spiro atoms. The Morgan fingerprint density at radius 1 is 1.25 bits per heavy atom. The van der Waals surface area contributed by atoms with Crippen molar-refractivity contribution in [2.75, 3.05) is 6.54 Å². The Labute approximate surface area is 95.1 Å². The largest absolute Gasteiger partial charge is 0.333 e. The average molecular weight is 217 g/mol. The fourth-order valence-electron chi connectivity index (χ4n) is 2.08. The zero-order valence-electron chi connectivity index (χ0n) is 9.35. The lowest BCUT2D eigenvalue weighted by molar-refractivity contribution is -0.141. The van der Waals surface area contributed by atoms with Gasteiger partial charge in [-0.25, -0.2) is 0 Å². The number of nitrogens with zero attached hydrogens (tertiary/aromatic N) is 1. The zero-order chi connectivity index (χ0) is 11.5. The second-order valence-electron chi connectivity index (χ2n) is 4.21. The number of amides is 1. The number of likely N-dealkylation sites (tertiary alicyclic amines) is 1. The van der Waals surface area contributed by atoms with E-state index >= 15 is 0 Å². The van der Waals surface area contributed by atoms with Crippen LogP contribution in [0.25, 0.3) is 0 Å². The molecule has 0 saturated carbocycles. The lowest BCUT2D eigenvalue weighted by atomic mass is 10.1. The minimum absolute atomic E-state index is 0.0985. The van der Waals surface area contributed by atoms with Crippen molar-refractivity contribution in [3.8, 4) is 0 Å². The molecule has 1 atom stereocenters. The molecule has 0 bridgehead atoms. The molecule has 1 aliphatic heterocycles. The molecule has 0 radical (unpaired) electrons. The maximum Gasteiger partial charge on any atom is 0.290 e. The summed E-state index contributed by atoms with van der Waals surface area (Å²) in [4.78, 5) is 24.3. The highest BCUT2D eigenvalue weighted by Crippen LogP contribution is 2.14. The van der Waals surface area contributed by atoms with E-state index in [1.54, 1.807) is 4.90 Å². The van der Waals surface area contributed by atoms with E-state index in [1.165, 1.54) is 5.56 Å². The van der Waals surface area contributed by atoms with Gasteiger partial charge in [0.1, 0.15) is 0 Å². The van der Waals surface area contributed by atoms with Crippen LogP contribution in [0.2, 0.25) is 0 Å². The summed E-state index contributed by atoms with van der Waals surface area (Å²) >= 11 is 0. The first-order valence-electron chi connectivity index (χ1n) is 5.56. The summed E-state index contributed by atoms with van der Waals surface area (Å²) < 4.78 is 0. The molecule has 1 fully saturated rings. The summed E-state index contributed by atoms with van der Waals surface area (Å²) in [6, 6.07) is 10.1. The highest BCUT2D eigenvalue weighted by molar-refractivity contribution is 6.37. The summed E-state index contributed by atoms with van der Waals surface area (Å²) in [7, 11) is 0. The van der Waals surface area contributed by atoms with E-state index in [0.717, 1.165) is 6.42 Å². The van der Waals surface area contributed by atoms with Crippen LogP contribution in [0.1, 0.15) is 18.9 Å². The summed E-state index contributed by atoms with van der Waals surface area (Å²) in [5.41, 5.74) is 1.20. The molecule has 1 aromatic carbocycles. The Balaban J connectivity index is 2.01. The van der Waals surface area contributed by atoms with Crippen molar-refractivity contribution in [2.24, 2.45) is 0 Å². The van der Waals surface area contributed by atoms with Gasteiger partial charge in [0.15, 0.2) is 0 Å². The van der Waals surface area contributed by atoms with Gasteiger partial charge in [-0.1, -0.05) is 30.3 Å². The van der Waals surface area contributed by atoms with Crippen molar-refractivity contribution in [2.45, 2.75) is 25.8 Å². The molecule has 0 N–H and O–H groups in total. The topological polar surface area (TPSA) is 37.4 Å². The van der Waals surface area contributed by atoms with Gasteiger partial charge >= 0.3 is 0 Å². The third-order valence-electron chi connectivity index (χ3n) is 2.99. The molecule has 1 unspecified atom stereocenters. The number of hydrogen-bond donors (Lipinski definition) is 0. The minimum atomic E-state index is -0.316. The molecule has 1 aliphatic rings. The predicted molar refractivity (Wildman–Crippen MR) is 60.9 cm³/mol. The van der Waals surface area contributed by atoms with Crippen molar-refractivity contribution >= 4 is 11.7 Å². The number of benzene rings is 1. The highest BCUT2D eigenvalue weighted by atomic mass is 16.2. The SMILES string of the molecule is CC(Cc1ccccc1)N1CCC(=O)C1=O. The summed E-state index contributed by atoms with van der Waals surface area (Å²) in [6.45, 7) is 2.56. The average Bonchev–Trinajstić information content (AvgIpc) is 2.61. The van der Waals surface area contributed by atoms with Gasteiger partial charge in [-0.05, 0) is 18.9 Å². The molecular formula is C13H15NO2. The van der Waals surface area contributed by atoms with E-state index < -0.39 is 0 Å². The van der Waals surface area contributed by atoms with Crippen LogP contribution in [-0.4, -0.2) is 29.2 Å². The van der Waals surface area contributed by atoms with Gasteiger partial charge in [0.2, 0.25) is 5.78 Å². The first-order chi connectivity index (χ1) is 7.68. The summed E-state index contributed by atoms with van der Waals surface area (Å²) in [5.74, 6) is -0.566. The van der Waals surface area contributed by atoms with Crippen molar-refractivity contribution in [3.05, 3.63) is 35.9 Å². The molecule has 1 heterocycles. The predicted octanol–water partition coefficient (Wildman–Crippen LogP) is 1.42. The number of hydrogen-bond acceptors (Lipinski definition) is 2. The molecule has 0 aliphatic carbocycles. The monoisotopic (exact) mass is 217 g/mol. The lowest BCUT2D eigenvalue weighted by Gasteiger charge is -2.23. The van der Waals surface area contributed by atoms with Crippen molar-refractivity contribution in [1.82, 2.24) is 4.90 Å². The van der Waals surface area contributed by atoms with Gasteiger partial charge in [0.05, 0.1) is 0 Å². The Bertz CT molecular complexity index is 400. The van der Waals surface area contributed by atoms with E-state index in [4.69, 9.17) is 0 Å². The van der Waals surface area contributed by atoms with Crippen molar-refractivity contribution < 1.29 is 9.59 Å². The fraction of sp³-hybridized carbons (Fsp3) is 0.385. The number of rotatable bonds is 3. The van der Waals surface area contributed by atoms with E-state index in [1.807, 2.05) is 37.3 Å². The number of carbonyl (C=O) groups excluding carboxylic acids is 2. The molecule has 16 heavy (non-hydrogen) atoms. The molecule has 3 nitrogen and oxygen atoms in total. The van der Waals surface area contributed by atoms with Crippen LogP contribution >= 0.6 is 0 Å². The molecule has 1 saturated heterocycles. The van der Waals surface area contributed by atoms with Crippen LogP contribution in [0.5, 0.6) is 0 Å². The van der Waals surface area contributed by atoms with Crippen LogP contribution in [-0.2, 0) is 16.0 Å². The van der Waals surface area contributed by atoms with E-state index in [0.29, 0.717) is 13.0 Å². The second-order valence-corrected chi connectivity index (χ2v) is 4.21. The number of carbonyl (C=O) groups is 2. The number of Topliss-reactive ketones (excluding diaryl/α,β-unsaturated/α-hetero) is 1. The second kappa shape index (κ2) is 4.47. The first kappa shape index (κ1) is 10.9. The van der Waals surface area contributed by atoms with Crippen LogP contribution in [0.4, 0.5) is 0 Å². The van der Waals surface area contributed by atoms with Gasteiger partial charge in [0.25, 0.3) is 5.91 Å². The summed E-state index contributed by atoms with van der Waals surface area (Å²) in [5, 5.41) is 0. The first-order valence-corrected chi connectivity index (χ1v) is 5.56. The quantitative estimate of drug-likeness (QED) is 0.718. The zero-order valence-corrected chi connectivity index (χ0v) is 9.35. The molecule has 84 valence electrons. The molecule has 3 heteroatoms. The van der Waals surface area contributed by atoms with Crippen molar-refractivity contribution in [3.63, 3.8) is 0 Å². The Morgan fingerprint density at radius 2 is 1.94 bits per heavy atom. The maximum absolute atomic E-state index is 11.5. The molecule has 1 aromatic rings. The van der Waals surface area contributed by atoms with Crippen molar-refractivity contribution in [1.29, 1.82) is 0 Å². The smallest absolute Gasteiger partial charge is 0.290 e. The van der Waals surface area contributed by atoms with Gasteiger partial charge in [-0.3, -0.25) is 9.59 Å². The Hall–Kier alpha value is -1.64.